The second kappa shape index (κ2) is 19.1. The van der Waals surface area contributed by atoms with Gasteiger partial charge in [-0.15, -0.1) is 23.2 Å². The number of halogens is 2. The number of ether oxygens (including phenoxy) is 4. The molecule has 4 aromatic rings. The minimum absolute atomic E-state index is 0.103. The van der Waals surface area contributed by atoms with E-state index in [-0.39, 0.29) is 71.8 Å². The molecule has 0 radical (unpaired) electrons. The van der Waals surface area contributed by atoms with Crippen molar-refractivity contribution in [3.63, 3.8) is 0 Å². The highest BCUT2D eigenvalue weighted by molar-refractivity contribution is 6.22. The van der Waals surface area contributed by atoms with E-state index in [2.05, 4.69) is 0 Å². The molecule has 0 saturated carbocycles. The van der Waals surface area contributed by atoms with Crippen LogP contribution in [0, 0.1) is 0 Å². The van der Waals surface area contributed by atoms with E-state index >= 15 is 0 Å². The number of aliphatic hydroxyl groups is 8. The molecule has 2 amide bonds. The van der Waals surface area contributed by atoms with E-state index in [9.17, 15) is 50.4 Å². The molecule has 2 saturated heterocycles. The molecule has 2 fully saturated rings. The lowest BCUT2D eigenvalue weighted by Gasteiger charge is -2.39. The number of unbranched alkanes of at least 4 members (excludes halogenated alkanes) is 1. The summed E-state index contributed by atoms with van der Waals surface area (Å²) in [6.45, 7) is 3.05. The maximum atomic E-state index is 14.1. The van der Waals surface area contributed by atoms with Gasteiger partial charge in [-0.3, -0.25) is 9.59 Å². The Morgan fingerprint density at radius 1 is 0.609 bits per heavy atom. The number of hydrogen-bond acceptors (Lipinski definition) is 14. The summed E-state index contributed by atoms with van der Waals surface area (Å²) in [6, 6.07) is 18.1. The largest absolute Gasteiger partial charge is 0.461 e. The Morgan fingerprint density at radius 3 is 1.31 bits per heavy atom. The van der Waals surface area contributed by atoms with Gasteiger partial charge in [0.25, 0.3) is 0 Å². The zero-order valence-corrected chi connectivity index (χ0v) is 36.7. The summed E-state index contributed by atoms with van der Waals surface area (Å²) in [5, 5.41) is 84.7. The van der Waals surface area contributed by atoms with Gasteiger partial charge in [0.15, 0.2) is 0 Å². The van der Waals surface area contributed by atoms with Crippen molar-refractivity contribution in [3.05, 3.63) is 71.8 Å². The van der Waals surface area contributed by atoms with E-state index in [0.717, 1.165) is 21.9 Å². The van der Waals surface area contributed by atoms with Crippen LogP contribution >= 0.6 is 23.2 Å². The number of carbonyl (C=O) groups is 2. The number of aliphatic hydroxyl groups excluding tert-OH is 8. The van der Waals surface area contributed by atoms with Gasteiger partial charge in [-0.25, -0.2) is 0 Å². The Balaban J connectivity index is 0.996. The number of anilines is 2. The molecule has 4 aliphatic heterocycles. The predicted molar refractivity (Wildman–Crippen MR) is 236 cm³/mol. The Labute approximate surface area is 379 Å². The number of fused-ring (bicyclic) bond motifs is 6. The van der Waals surface area contributed by atoms with Gasteiger partial charge in [0.1, 0.15) is 60.3 Å². The molecule has 8 rings (SSSR count). The molecule has 0 spiro atoms. The summed E-state index contributed by atoms with van der Waals surface area (Å²) >= 11 is 13.5. The van der Waals surface area contributed by atoms with Gasteiger partial charge in [-0.1, -0.05) is 48.5 Å². The third-order valence-corrected chi connectivity index (χ3v) is 13.7. The summed E-state index contributed by atoms with van der Waals surface area (Å²) in [5.74, 6) is -0.402. The van der Waals surface area contributed by atoms with Crippen molar-refractivity contribution < 1.29 is 69.4 Å². The fraction of sp³-hybridized carbons (Fsp3) is 0.522. The highest BCUT2D eigenvalue weighted by atomic mass is 35.5. The lowest BCUT2D eigenvalue weighted by Crippen LogP contribution is -2.60. The first-order chi connectivity index (χ1) is 30.6. The molecule has 16 nitrogen and oxygen atoms in total. The van der Waals surface area contributed by atoms with Gasteiger partial charge in [0, 0.05) is 71.4 Å². The van der Waals surface area contributed by atoms with Crippen LogP contribution in [0.4, 0.5) is 11.4 Å². The van der Waals surface area contributed by atoms with Gasteiger partial charge >= 0.3 is 0 Å². The summed E-state index contributed by atoms with van der Waals surface area (Å²) in [6.07, 6.45) is -14.0. The molecule has 0 aromatic heterocycles. The number of amides is 2. The van der Waals surface area contributed by atoms with Crippen LogP contribution in [0.5, 0.6) is 11.5 Å². The molecule has 0 aliphatic carbocycles. The van der Waals surface area contributed by atoms with Crippen LogP contribution in [0.15, 0.2) is 60.7 Å². The SMILES string of the molecule is C[C@@H](Cl)[C@@H]1CN(C(=O)CCCCC(=O)N2C[C@@H]([C@@H](C)Cl)c3c2cc(O[C@@H]2O[C@H](CO)[C@H](O)[C@H](O)[C@H]2O)c2ccccc32)c2cc(O[C@@H]3O[C@H](CO)[C@H](O)[C@H](O)[C@H]3O)c3ccccc3c21. The molecule has 0 bridgehead atoms. The van der Waals surface area contributed by atoms with E-state index in [0.29, 0.717) is 35.0 Å². The second-order valence-electron chi connectivity index (χ2n) is 17.1. The fourth-order valence-electron chi connectivity index (χ4n) is 9.52. The van der Waals surface area contributed by atoms with Crippen molar-refractivity contribution in [2.24, 2.45) is 0 Å². The summed E-state index contributed by atoms with van der Waals surface area (Å²) in [7, 11) is 0. The second-order valence-corrected chi connectivity index (χ2v) is 18.5. The van der Waals surface area contributed by atoms with Gasteiger partial charge < -0.3 is 69.6 Å². The van der Waals surface area contributed by atoms with E-state index < -0.39 is 74.6 Å². The van der Waals surface area contributed by atoms with Crippen molar-refractivity contribution in [1.82, 2.24) is 0 Å². The average Bonchev–Trinajstić information content (AvgIpc) is 3.88. The van der Waals surface area contributed by atoms with Gasteiger partial charge in [-0.2, -0.15) is 0 Å². The first kappa shape index (κ1) is 46.6. The van der Waals surface area contributed by atoms with Gasteiger partial charge in [-0.05, 0) is 48.6 Å². The van der Waals surface area contributed by atoms with Crippen LogP contribution in [-0.2, 0) is 19.1 Å². The van der Waals surface area contributed by atoms with Crippen LogP contribution in [0.2, 0.25) is 0 Å². The number of carbonyl (C=O) groups excluding carboxylic acids is 2. The van der Waals surface area contributed by atoms with E-state index in [1.54, 1.807) is 21.9 Å². The van der Waals surface area contributed by atoms with Crippen LogP contribution in [0.1, 0.15) is 62.5 Å². The molecular formula is C46H54Cl2N2O14. The highest BCUT2D eigenvalue weighted by Gasteiger charge is 2.47. The summed E-state index contributed by atoms with van der Waals surface area (Å²) in [5.41, 5.74) is 2.81. The van der Waals surface area contributed by atoms with Crippen LogP contribution in [0.25, 0.3) is 21.5 Å². The molecule has 8 N–H and O–H groups in total. The van der Waals surface area contributed by atoms with Crippen molar-refractivity contribution in [2.75, 3.05) is 36.1 Å². The maximum absolute atomic E-state index is 14.1. The third kappa shape index (κ3) is 8.53. The van der Waals surface area contributed by atoms with Crippen molar-refractivity contribution in [1.29, 1.82) is 0 Å². The maximum Gasteiger partial charge on any atom is 0.229 e. The van der Waals surface area contributed by atoms with Crippen LogP contribution < -0.4 is 19.3 Å². The number of alkyl halides is 2. The molecule has 4 aromatic carbocycles. The molecule has 346 valence electrons. The number of hydrogen-bond donors (Lipinski definition) is 8. The first-order valence-electron chi connectivity index (χ1n) is 21.6. The number of rotatable bonds is 13. The topological polar surface area (TPSA) is 239 Å². The predicted octanol–water partition coefficient (Wildman–Crippen LogP) is 2.73. The Bertz CT molecular complexity index is 2190. The number of nitrogens with zero attached hydrogens (tertiary/aromatic N) is 2. The minimum atomic E-state index is -1.65. The fourth-order valence-corrected chi connectivity index (χ4v) is 9.93. The van der Waals surface area contributed by atoms with Crippen molar-refractivity contribution in [3.8, 4) is 11.5 Å². The molecule has 64 heavy (non-hydrogen) atoms. The van der Waals surface area contributed by atoms with Gasteiger partial charge in [0.05, 0.1) is 24.6 Å². The molecule has 14 atom stereocenters. The number of benzene rings is 4. The van der Waals surface area contributed by atoms with Crippen LogP contribution in [-0.4, -0.2) is 151 Å². The third-order valence-electron chi connectivity index (χ3n) is 13.1. The highest BCUT2D eigenvalue weighted by Crippen LogP contribution is 2.50. The Hall–Kier alpha value is -3.88. The molecule has 0 unspecified atom stereocenters. The van der Waals surface area contributed by atoms with Gasteiger partial charge in [0.2, 0.25) is 24.4 Å². The van der Waals surface area contributed by atoms with E-state index in [1.807, 2.05) is 62.4 Å². The summed E-state index contributed by atoms with van der Waals surface area (Å²) in [4.78, 5) is 31.6. The standard InChI is InChI=1S/C46H54Cl2N2O14/c1-21(47)27-17-49(29-15-31(23-9-3-5-11-25(23)37(27)29)61-45-43(59)41(57)39(55)33(19-51)63-45)35(53)13-7-8-14-36(54)50-18-28(22(2)48)38-26-12-6-4-10-24(26)32(16-30(38)50)62-46-44(60)42(58)40(56)34(20-52)64-46/h3-6,9-12,15-16,21-22,27-28,33-34,39-46,51-52,55-60H,7-8,13-14,17-20H2,1-2H3/t21-,22-,27+,28+,33-,34-,39+,40+,41+,42+,43-,44-,45-,46-/m1/s1. The Morgan fingerprint density at radius 2 is 0.969 bits per heavy atom. The molecule has 18 heteroatoms. The monoisotopic (exact) mass is 928 g/mol. The van der Waals surface area contributed by atoms with E-state index in [1.165, 1.54) is 0 Å². The smallest absolute Gasteiger partial charge is 0.229 e. The van der Waals surface area contributed by atoms with Crippen molar-refractivity contribution in [2.45, 2.75) is 124 Å². The Kier molecular flexibility index (Phi) is 14.0. The molecule has 4 heterocycles. The quantitative estimate of drug-likeness (QED) is 0.0711. The van der Waals surface area contributed by atoms with E-state index in [4.69, 9.17) is 42.1 Å². The lowest BCUT2D eigenvalue weighted by atomic mass is 9.92. The minimum Gasteiger partial charge on any atom is -0.461 e. The summed E-state index contributed by atoms with van der Waals surface area (Å²) < 4.78 is 23.6. The molecular weight excluding hydrogens is 875 g/mol. The molecule has 4 aliphatic rings. The van der Waals surface area contributed by atoms with Crippen molar-refractivity contribution >= 4 is 67.9 Å². The zero-order valence-electron chi connectivity index (χ0n) is 35.2. The lowest BCUT2D eigenvalue weighted by molar-refractivity contribution is -0.277. The normalized spacial score (nSPS) is 31.2. The van der Waals surface area contributed by atoms with Crippen LogP contribution in [0.3, 0.4) is 0 Å². The zero-order chi connectivity index (χ0) is 45.7. The first-order valence-corrected chi connectivity index (χ1v) is 22.5. The average molecular weight is 930 g/mol.